The maximum atomic E-state index is 11.3. The predicted octanol–water partition coefficient (Wildman–Crippen LogP) is 4.50. The van der Waals surface area contributed by atoms with Crippen LogP contribution >= 0.6 is 0 Å². The van der Waals surface area contributed by atoms with E-state index in [-0.39, 0.29) is 5.78 Å². The highest BCUT2D eigenvalue weighted by molar-refractivity contribution is 6.08. The van der Waals surface area contributed by atoms with E-state index < -0.39 is 0 Å². The molecule has 0 aliphatic carbocycles. The first-order valence-electron chi connectivity index (χ1n) is 7.33. The smallest absolute Gasteiger partial charge is 0.270 e. The zero-order valence-electron chi connectivity index (χ0n) is 12.0. The summed E-state index contributed by atoms with van der Waals surface area (Å²) in [5.41, 5.74) is 0. The molecule has 0 rings (SSSR count). The van der Waals surface area contributed by atoms with Gasteiger partial charge in [-0.25, -0.2) is 0 Å². The van der Waals surface area contributed by atoms with E-state index in [1.54, 1.807) is 0 Å². The number of hydrogen-bond acceptors (Lipinski definition) is 1. The van der Waals surface area contributed by atoms with Gasteiger partial charge >= 0.3 is 0 Å². The molecule has 0 radical (unpaired) electrons. The summed E-state index contributed by atoms with van der Waals surface area (Å²) in [6.07, 6.45) is 11.2. The molecule has 0 aliphatic heterocycles. The molecule has 100 valence electrons. The van der Waals surface area contributed by atoms with Crippen LogP contribution in [0.1, 0.15) is 78.1 Å². The fraction of sp³-hybridized carbons (Fsp3) is 0.706. The molecule has 0 unspecified atom stereocenters. The molecule has 0 fully saturated rings. The van der Waals surface area contributed by atoms with Crippen LogP contribution in [-0.2, 0) is 4.79 Å². The summed E-state index contributed by atoms with van der Waals surface area (Å²) in [6.45, 7) is 4.37. The molecule has 0 atom stereocenters. The van der Waals surface area contributed by atoms with Crippen LogP contribution in [0.3, 0.4) is 0 Å². The molecule has 0 aromatic carbocycles. The molecule has 0 aliphatic rings. The van der Waals surface area contributed by atoms with Crippen molar-refractivity contribution in [3.05, 3.63) is 0 Å². The van der Waals surface area contributed by atoms with Crippen molar-refractivity contribution in [3.63, 3.8) is 0 Å². The highest BCUT2D eigenvalue weighted by Crippen LogP contribution is 2.01. The molecule has 18 heavy (non-hydrogen) atoms. The second-order valence-electron chi connectivity index (χ2n) is 4.55. The normalized spacial score (nSPS) is 9.00. The van der Waals surface area contributed by atoms with E-state index in [0.717, 1.165) is 25.7 Å². The van der Waals surface area contributed by atoms with Crippen LogP contribution in [0.15, 0.2) is 0 Å². The minimum atomic E-state index is -0.221. The van der Waals surface area contributed by atoms with E-state index in [0.29, 0.717) is 0 Å². The Balaban J connectivity index is 3.57. The van der Waals surface area contributed by atoms with Crippen molar-refractivity contribution in [2.45, 2.75) is 78.1 Å². The maximum absolute atomic E-state index is 11.3. The maximum Gasteiger partial charge on any atom is 0.279 e. The van der Waals surface area contributed by atoms with Gasteiger partial charge in [0.05, 0.1) is 0 Å². The van der Waals surface area contributed by atoms with Gasteiger partial charge in [-0.15, -0.1) is 0 Å². The molecule has 0 saturated carbocycles. The standard InChI is InChI=1S/C17H26O/c1-3-5-7-9-11-13-15-17(18)16-14-12-10-8-6-4-2/h3-12H2,1-2H3. The molecule has 0 amide bonds. The van der Waals surface area contributed by atoms with Crippen molar-refractivity contribution >= 4 is 5.78 Å². The largest absolute Gasteiger partial charge is 0.279 e. The zero-order chi connectivity index (χ0) is 13.5. The Kier molecular flexibility index (Phi) is 12.9. The number of carbonyl (C=O) groups excluding carboxylic acids is 1. The Morgan fingerprint density at radius 2 is 1.17 bits per heavy atom. The molecule has 0 bridgehead atoms. The van der Waals surface area contributed by atoms with Gasteiger partial charge in [0.25, 0.3) is 5.78 Å². The van der Waals surface area contributed by atoms with Crippen molar-refractivity contribution in [3.8, 4) is 23.7 Å². The molecule has 0 saturated heterocycles. The van der Waals surface area contributed by atoms with Gasteiger partial charge < -0.3 is 0 Å². The van der Waals surface area contributed by atoms with E-state index >= 15 is 0 Å². The van der Waals surface area contributed by atoms with Gasteiger partial charge in [0.2, 0.25) is 0 Å². The van der Waals surface area contributed by atoms with Crippen molar-refractivity contribution in [1.82, 2.24) is 0 Å². The van der Waals surface area contributed by atoms with Gasteiger partial charge in [0.1, 0.15) is 0 Å². The van der Waals surface area contributed by atoms with Crippen LogP contribution in [0.5, 0.6) is 0 Å². The Labute approximate surface area is 113 Å². The molecular formula is C17H26O. The third-order valence-corrected chi connectivity index (χ3v) is 2.71. The van der Waals surface area contributed by atoms with E-state index in [9.17, 15) is 4.79 Å². The average molecular weight is 246 g/mol. The summed E-state index contributed by atoms with van der Waals surface area (Å²) in [6, 6.07) is 0. The molecule has 0 heterocycles. The lowest BCUT2D eigenvalue weighted by molar-refractivity contribution is -0.108. The lowest BCUT2D eigenvalue weighted by Gasteiger charge is -1.91. The molecular weight excluding hydrogens is 220 g/mol. The summed E-state index contributed by atoms with van der Waals surface area (Å²) in [4.78, 5) is 11.3. The Morgan fingerprint density at radius 1 is 0.722 bits per heavy atom. The number of rotatable bonds is 8. The molecule has 0 spiro atoms. The first-order chi connectivity index (χ1) is 8.81. The fourth-order valence-corrected chi connectivity index (χ4v) is 1.60. The van der Waals surface area contributed by atoms with E-state index in [1.165, 1.54) is 38.5 Å². The molecule has 1 heteroatoms. The van der Waals surface area contributed by atoms with Gasteiger partial charge in [0, 0.05) is 12.8 Å². The van der Waals surface area contributed by atoms with Crippen LogP contribution in [0.4, 0.5) is 0 Å². The summed E-state index contributed by atoms with van der Waals surface area (Å²) in [7, 11) is 0. The van der Waals surface area contributed by atoms with Crippen molar-refractivity contribution in [2.24, 2.45) is 0 Å². The van der Waals surface area contributed by atoms with Gasteiger partial charge in [-0.05, 0) is 24.7 Å². The monoisotopic (exact) mass is 246 g/mol. The number of carbonyl (C=O) groups is 1. The third-order valence-electron chi connectivity index (χ3n) is 2.71. The summed E-state index contributed by atoms with van der Waals surface area (Å²) < 4.78 is 0. The van der Waals surface area contributed by atoms with Crippen LogP contribution in [0, 0.1) is 23.7 Å². The second-order valence-corrected chi connectivity index (χ2v) is 4.55. The van der Waals surface area contributed by atoms with E-state index in [2.05, 4.69) is 37.5 Å². The zero-order valence-corrected chi connectivity index (χ0v) is 12.0. The molecule has 0 aromatic rings. The SMILES string of the molecule is CCCCCCC#CC(=O)C#CCCCCCC. The fourth-order valence-electron chi connectivity index (χ4n) is 1.60. The number of ketones is 1. The highest BCUT2D eigenvalue weighted by atomic mass is 16.1. The first kappa shape index (κ1) is 16.8. The average Bonchev–Trinajstić information content (AvgIpc) is 2.38. The number of Topliss-reactive ketones (excluding diaryl/α,β-unsaturated/α-hetero) is 1. The molecule has 0 N–H and O–H groups in total. The van der Waals surface area contributed by atoms with Gasteiger partial charge in [-0.3, -0.25) is 4.79 Å². The Bertz CT molecular complexity index is 287. The lowest BCUT2D eigenvalue weighted by Crippen LogP contribution is -1.86. The summed E-state index contributed by atoms with van der Waals surface area (Å²) >= 11 is 0. The summed E-state index contributed by atoms with van der Waals surface area (Å²) in [5.74, 6) is 10.8. The van der Waals surface area contributed by atoms with Crippen LogP contribution in [-0.4, -0.2) is 5.78 Å². The topological polar surface area (TPSA) is 17.1 Å². The van der Waals surface area contributed by atoms with Crippen LogP contribution < -0.4 is 0 Å². The first-order valence-corrected chi connectivity index (χ1v) is 7.33. The number of hydrogen-bond donors (Lipinski definition) is 0. The van der Waals surface area contributed by atoms with Gasteiger partial charge in [-0.1, -0.05) is 64.2 Å². The number of unbranched alkanes of at least 4 members (excludes halogenated alkanes) is 8. The van der Waals surface area contributed by atoms with E-state index in [4.69, 9.17) is 0 Å². The Hall–Kier alpha value is -1.21. The van der Waals surface area contributed by atoms with Gasteiger partial charge in [-0.2, -0.15) is 0 Å². The third kappa shape index (κ3) is 12.9. The quantitative estimate of drug-likeness (QED) is 0.350. The second kappa shape index (κ2) is 13.9. The summed E-state index contributed by atoms with van der Waals surface area (Å²) in [5, 5.41) is 0. The lowest BCUT2D eigenvalue weighted by atomic mass is 10.1. The van der Waals surface area contributed by atoms with Gasteiger partial charge in [0.15, 0.2) is 0 Å². The van der Waals surface area contributed by atoms with Crippen molar-refractivity contribution in [2.75, 3.05) is 0 Å². The van der Waals surface area contributed by atoms with Crippen LogP contribution in [0.25, 0.3) is 0 Å². The highest BCUT2D eigenvalue weighted by Gasteiger charge is 1.88. The van der Waals surface area contributed by atoms with Crippen molar-refractivity contribution in [1.29, 1.82) is 0 Å². The Morgan fingerprint density at radius 3 is 1.56 bits per heavy atom. The predicted molar refractivity (Wildman–Crippen MR) is 78.1 cm³/mol. The van der Waals surface area contributed by atoms with Crippen LogP contribution in [0.2, 0.25) is 0 Å². The molecule has 1 nitrogen and oxygen atoms in total. The molecule has 0 aromatic heterocycles. The van der Waals surface area contributed by atoms with Crippen molar-refractivity contribution < 1.29 is 4.79 Å². The minimum absolute atomic E-state index is 0.221. The minimum Gasteiger partial charge on any atom is -0.270 e. The van der Waals surface area contributed by atoms with E-state index in [1.807, 2.05) is 0 Å².